The molecule has 4 atom stereocenters. The van der Waals surface area contributed by atoms with Crippen LogP contribution in [0.25, 0.3) is 5.73 Å². The van der Waals surface area contributed by atoms with Crippen LogP contribution in [0.4, 0.5) is 0 Å². The molecule has 5 nitrogen and oxygen atoms in total. The monoisotopic (exact) mass is 409 g/mol. The summed E-state index contributed by atoms with van der Waals surface area (Å²) in [7, 11) is 1.39. The molecule has 17 heavy (non-hydrogen) atoms. The van der Waals surface area contributed by atoms with Crippen LogP contribution in [-0.4, -0.2) is 30.9 Å². The van der Waals surface area contributed by atoms with Gasteiger partial charge in [-0.25, -0.2) is 0 Å². The average Bonchev–Trinajstić information content (AvgIpc) is 2.79. The van der Waals surface area contributed by atoms with Gasteiger partial charge in [0.1, 0.15) is 6.10 Å². The summed E-state index contributed by atoms with van der Waals surface area (Å²) in [6.07, 6.45) is 0.245. The van der Waals surface area contributed by atoms with Gasteiger partial charge in [-0.05, 0) is 5.92 Å². The van der Waals surface area contributed by atoms with E-state index in [2.05, 4.69) is 5.16 Å². The number of nitrogens with zero attached hydrogens (tertiary/aromatic N) is 1. The van der Waals surface area contributed by atoms with Gasteiger partial charge in [0.25, 0.3) is 0 Å². The van der Waals surface area contributed by atoms with E-state index in [0.29, 0.717) is 6.42 Å². The molecule has 2 rings (SSSR count). The molecule has 1 N–H and O–H groups in total. The minimum atomic E-state index is -0.380. The third kappa shape index (κ3) is 2.41. The van der Waals surface area contributed by atoms with E-state index < -0.39 is 0 Å². The molecule has 0 amide bonds. The van der Waals surface area contributed by atoms with E-state index >= 15 is 0 Å². The summed E-state index contributed by atoms with van der Waals surface area (Å²) < 4.78 is 4.79. The summed E-state index contributed by atoms with van der Waals surface area (Å²) in [6, 6.07) is -0.380. The quantitative estimate of drug-likeness (QED) is 0.651. The van der Waals surface area contributed by atoms with Gasteiger partial charge in [0.05, 0.1) is 24.7 Å². The average molecular weight is 409 g/mol. The molecule has 1 aliphatic carbocycles. The van der Waals surface area contributed by atoms with Crippen molar-refractivity contribution in [1.29, 1.82) is 0 Å². The van der Waals surface area contributed by atoms with Gasteiger partial charge < -0.3 is 15.3 Å². The molecule has 0 spiro atoms. The Morgan fingerprint density at radius 2 is 2.24 bits per heavy atom. The molecule has 0 radical (unpaired) electrons. The number of nitrogens with one attached hydrogen (secondary N) is 1. The molecule has 0 aromatic carbocycles. The summed E-state index contributed by atoms with van der Waals surface area (Å²) in [6.45, 7) is 4.05. The molecule has 1 fully saturated rings. The summed E-state index contributed by atoms with van der Waals surface area (Å²) in [5.74, 6) is -0.327. The molecule has 1 aliphatic heterocycles. The first kappa shape index (κ1) is 14.6. The van der Waals surface area contributed by atoms with E-state index in [0.717, 1.165) is 5.71 Å². The number of carbonyl (C=O) groups excluding carboxylic acids is 1. The second-order valence-electron chi connectivity index (χ2n) is 4.74. The minimum absolute atomic E-state index is 0. The summed E-state index contributed by atoms with van der Waals surface area (Å²) >= 11 is 0. The molecule has 6 heteroatoms. The molecule has 0 aromatic rings. The number of esters is 1. The predicted octanol–water partition coefficient (Wildman–Crippen LogP) is 1.62. The Kier molecular flexibility index (Phi) is 4.73. The van der Waals surface area contributed by atoms with Crippen LogP contribution in [0.3, 0.4) is 0 Å². The molecule has 0 saturated heterocycles. The SMILES string of the molecule is COC(=O)C1CC([NH-])C2ON=C(C(C)C)C12.[W+2]. The molecular formula is C11H17N2O3W+. The van der Waals surface area contributed by atoms with E-state index in [4.69, 9.17) is 15.3 Å². The summed E-state index contributed by atoms with van der Waals surface area (Å²) in [5.41, 5.74) is 8.78. The zero-order chi connectivity index (χ0) is 11.9. The Morgan fingerprint density at radius 1 is 1.59 bits per heavy atom. The molecular weight excluding hydrogens is 392 g/mol. The Bertz CT molecular complexity index is 333. The third-order valence-corrected chi connectivity index (χ3v) is 3.41. The number of hydrogen-bond acceptors (Lipinski definition) is 4. The van der Waals surface area contributed by atoms with Crippen molar-refractivity contribution in [1.82, 2.24) is 0 Å². The van der Waals surface area contributed by atoms with Crippen LogP contribution in [0.2, 0.25) is 0 Å². The number of hydrogen-bond donors (Lipinski definition) is 0. The van der Waals surface area contributed by atoms with Crippen LogP contribution in [0.1, 0.15) is 20.3 Å². The zero-order valence-corrected chi connectivity index (χ0v) is 13.1. The van der Waals surface area contributed by atoms with Gasteiger partial charge in [0.15, 0.2) is 0 Å². The minimum Gasteiger partial charge on any atom is -0.672 e. The Labute approximate surface area is 115 Å². The van der Waals surface area contributed by atoms with Crippen molar-refractivity contribution in [2.75, 3.05) is 7.11 Å². The fraction of sp³-hybridized carbons (Fsp3) is 0.818. The van der Waals surface area contributed by atoms with Crippen molar-refractivity contribution in [3.63, 3.8) is 0 Å². The van der Waals surface area contributed by atoms with E-state index in [1.54, 1.807) is 0 Å². The molecule has 94 valence electrons. The van der Waals surface area contributed by atoms with Gasteiger partial charge in [-0.1, -0.05) is 31.5 Å². The van der Waals surface area contributed by atoms with E-state index in [1.807, 2.05) is 13.8 Å². The zero-order valence-electron chi connectivity index (χ0n) is 10.2. The maximum Gasteiger partial charge on any atom is 2.00 e. The first-order valence-corrected chi connectivity index (χ1v) is 5.58. The summed E-state index contributed by atoms with van der Waals surface area (Å²) in [4.78, 5) is 16.9. The van der Waals surface area contributed by atoms with Crippen LogP contribution in [0.5, 0.6) is 0 Å². The van der Waals surface area contributed by atoms with Gasteiger partial charge in [-0.3, -0.25) is 4.79 Å². The second-order valence-corrected chi connectivity index (χ2v) is 4.74. The Morgan fingerprint density at radius 3 is 2.76 bits per heavy atom. The predicted molar refractivity (Wildman–Crippen MR) is 58.9 cm³/mol. The number of fused-ring (bicyclic) bond motifs is 1. The largest absolute Gasteiger partial charge is 2.00 e. The molecule has 2 aliphatic rings. The first-order valence-electron chi connectivity index (χ1n) is 5.58. The van der Waals surface area contributed by atoms with Gasteiger partial charge in [-0.2, -0.15) is 0 Å². The molecule has 4 unspecified atom stereocenters. The Balaban J connectivity index is 0.00000144. The van der Waals surface area contributed by atoms with Crippen LogP contribution in [-0.2, 0) is 35.4 Å². The molecule has 0 aromatic heterocycles. The third-order valence-electron chi connectivity index (χ3n) is 3.41. The van der Waals surface area contributed by atoms with Gasteiger partial charge in [-0.15, -0.1) is 0 Å². The normalized spacial score (nSPS) is 34.8. The topological polar surface area (TPSA) is 71.7 Å². The number of carbonyl (C=O) groups is 1. The van der Waals surface area contributed by atoms with Crippen molar-refractivity contribution >= 4 is 11.7 Å². The van der Waals surface area contributed by atoms with E-state index in [1.165, 1.54) is 7.11 Å². The number of methoxy groups -OCH3 is 1. The first-order chi connectivity index (χ1) is 7.56. The van der Waals surface area contributed by atoms with Crippen molar-refractivity contribution in [2.45, 2.75) is 32.4 Å². The van der Waals surface area contributed by atoms with E-state index in [9.17, 15) is 4.79 Å². The van der Waals surface area contributed by atoms with Crippen molar-refractivity contribution < 1.29 is 35.4 Å². The van der Waals surface area contributed by atoms with Crippen LogP contribution in [0.15, 0.2) is 5.16 Å². The second kappa shape index (κ2) is 5.49. The van der Waals surface area contributed by atoms with Crippen molar-refractivity contribution in [3.8, 4) is 0 Å². The van der Waals surface area contributed by atoms with Gasteiger partial charge in [0.2, 0.25) is 0 Å². The Hall–Kier alpha value is -0.412. The number of oxime groups is 1. The van der Waals surface area contributed by atoms with Gasteiger partial charge in [0, 0.05) is 0 Å². The molecule has 1 saturated carbocycles. The smallest absolute Gasteiger partial charge is 0.672 e. The van der Waals surface area contributed by atoms with Crippen LogP contribution < -0.4 is 0 Å². The summed E-state index contributed by atoms with van der Waals surface area (Å²) in [5, 5.41) is 4.03. The maximum absolute atomic E-state index is 11.7. The fourth-order valence-corrected chi connectivity index (χ4v) is 2.61. The number of ether oxygens (including phenoxy) is 1. The molecule has 0 bridgehead atoms. The van der Waals surface area contributed by atoms with Crippen molar-refractivity contribution in [3.05, 3.63) is 5.73 Å². The fourth-order valence-electron chi connectivity index (χ4n) is 2.61. The van der Waals surface area contributed by atoms with Crippen LogP contribution in [0, 0.1) is 17.8 Å². The maximum atomic E-state index is 11.7. The van der Waals surface area contributed by atoms with Crippen LogP contribution >= 0.6 is 0 Å². The van der Waals surface area contributed by atoms with E-state index in [-0.39, 0.29) is 56.9 Å². The standard InChI is InChI=1S/C11H17N2O3.W/c1-5(2)9-8-6(11(14)15-3)4-7(12)10(8)16-13-9;/h5-8,10,12H,4H2,1-3H3;/q-1;+2. The van der Waals surface area contributed by atoms with Crippen molar-refractivity contribution in [2.24, 2.45) is 22.9 Å². The number of rotatable bonds is 2. The molecule has 1 heterocycles. The van der Waals surface area contributed by atoms with Gasteiger partial charge >= 0.3 is 27.0 Å².